The topological polar surface area (TPSA) is 95.2 Å². The number of nitrogens with one attached hydrogen (secondary N) is 2. The van der Waals surface area contributed by atoms with Crippen molar-refractivity contribution in [2.45, 2.75) is 18.8 Å². The van der Waals surface area contributed by atoms with Crippen LogP contribution in [0.1, 0.15) is 34.7 Å². The van der Waals surface area contributed by atoms with Crippen LogP contribution in [0.25, 0.3) is 11.0 Å². The molecule has 0 bridgehead atoms. The summed E-state index contributed by atoms with van der Waals surface area (Å²) in [6.45, 7) is 1.33. The molecule has 7 nitrogen and oxygen atoms in total. The van der Waals surface area contributed by atoms with Gasteiger partial charge >= 0.3 is 0 Å². The molecule has 0 spiro atoms. The fourth-order valence-corrected chi connectivity index (χ4v) is 4.38. The molecule has 0 atom stereocenters. The molecule has 1 fully saturated rings. The molecule has 0 saturated carbocycles. The lowest BCUT2D eigenvalue weighted by Gasteiger charge is -2.32. The highest BCUT2D eigenvalue weighted by molar-refractivity contribution is 7.92. The summed E-state index contributed by atoms with van der Waals surface area (Å²) in [5, 5.41) is 1.15. The van der Waals surface area contributed by atoms with E-state index in [2.05, 4.69) is 20.8 Å². The molecule has 3 aromatic rings. The van der Waals surface area contributed by atoms with E-state index in [1.807, 2.05) is 17.2 Å². The smallest absolute Gasteiger partial charge is 0.253 e. The Morgan fingerprint density at radius 1 is 1.21 bits per heavy atom. The van der Waals surface area contributed by atoms with Gasteiger partial charge in [0.15, 0.2) is 0 Å². The first kappa shape index (κ1) is 18.5. The highest BCUT2D eigenvalue weighted by atomic mass is 32.2. The van der Waals surface area contributed by atoms with E-state index in [9.17, 15) is 13.2 Å². The van der Waals surface area contributed by atoms with Crippen molar-refractivity contribution in [3.63, 3.8) is 0 Å². The zero-order chi connectivity index (χ0) is 19.7. The Morgan fingerprint density at radius 3 is 2.75 bits per heavy atom. The van der Waals surface area contributed by atoms with E-state index < -0.39 is 10.0 Å². The van der Waals surface area contributed by atoms with Gasteiger partial charge in [-0.05, 0) is 54.7 Å². The Kier molecular flexibility index (Phi) is 4.80. The standard InChI is InChI=1S/C20H22N4O3S/c1-28(26,27)23-16-5-2-4-15(12-16)20(25)24-10-7-14(8-11-24)18-13-22-19-17(18)6-3-9-21-19/h2-6,9,12-14,23H,7-8,10-11H2,1H3,(H,21,22). The number of piperidine rings is 1. The lowest BCUT2D eigenvalue weighted by Crippen LogP contribution is -2.37. The van der Waals surface area contributed by atoms with E-state index in [1.165, 1.54) is 5.56 Å². The van der Waals surface area contributed by atoms with Gasteiger partial charge in [0, 0.05) is 42.1 Å². The molecule has 1 saturated heterocycles. The Balaban J connectivity index is 1.45. The zero-order valence-electron chi connectivity index (χ0n) is 15.6. The molecule has 1 aliphatic rings. The quantitative estimate of drug-likeness (QED) is 0.706. The lowest BCUT2D eigenvalue weighted by molar-refractivity contribution is 0.0713. The van der Waals surface area contributed by atoms with Crippen LogP contribution in [0.4, 0.5) is 5.69 Å². The van der Waals surface area contributed by atoms with Gasteiger partial charge in [-0.1, -0.05) is 6.07 Å². The molecule has 2 N–H and O–H groups in total. The molecule has 0 radical (unpaired) electrons. The van der Waals surface area contributed by atoms with Gasteiger partial charge in [0.05, 0.1) is 6.26 Å². The first-order valence-corrected chi connectivity index (χ1v) is 11.1. The molecule has 8 heteroatoms. The number of carbonyl (C=O) groups excluding carboxylic acids is 1. The van der Waals surface area contributed by atoms with Crippen LogP contribution in [0.3, 0.4) is 0 Å². The summed E-state index contributed by atoms with van der Waals surface area (Å²) in [6, 6.07) is 10.6. The summed E-state index contributed by atoms with van der Waals surface area (Å²) in [7, 11) is -3.38. The summed E-state index contributed by atoms with van der Waals surface area (Å²) in [6.07, 6.45) is 6.66. The predicted molar refractivity (Wildman–Crippen MR) is 109 cm³/mol. The molecule has 2 aromatic heterocycles. The highest BCUT2D eigenvalue weighted by Gasteiger charge is 2.26. The van der Waals surface area contributed by atoms with Crippen LogP contribution in [0.15, 0.2) is 48.8 Å². The Hall–Kier alpha value is -2.87. The van der Waals surface area contributed by atoms with Gasteiger partial charge < -0.3 is 9.88 Å². The minimum absolute atomic E-state index is 0.0730. The van der Waals surface area contributed by atoms with Gasteiger partial charge in [-0.25, -0.2) is 13.4 Å². The van der Waals surface area contributed by atoms with Gasteiger partial charge in [0.2, 0.25) is 10.0 Å². The van der Waals surface area contributed by atoms with Crippen molar-refractivity contribution in [2.75, 3.05) is 24.1 Å². The number of benzene rings is 1. The van der Waals surface area contributed by atoms with Gasteiger partial charge in [0.1, 0.15) is 5.65 Å². The second kappa shape index (κ2) is 7.27. The number of amides is 1. The number of carbonyl (C=O) groups is 1. The number of hydrogen-bond donors (Lipinski definition) is 2. The van der Waals surface area contributed by atoms with E-state index in [1.54, 1.807) is 30.5 Å². The van der Waals surface area contributed by atoms with Crippen molar-refractivity contribution in [3.8, 4) is 0 Å². The molecule has 3 heterocycles. The normalized spacial score (nSPS) is 15.7. The number of likely N-dealkylation sites (tertiary alicyclic amines) is 1. The number of fused-ring (bicyclic) bond motifs is 1. The van der Waals surface area contributed by atoms with Crippen LogP contribution >= 0.6 is 0 Å². The van der Waals surface area contributed by atoms with Gasteiger partial charge in [-0.15, -0.1) is 0 Å². The van der Waals surface area contributed by atoms with E-state index in [-0.39, 0.29) is 5.91 Å². The summed E-state index contributed by atoms with van der Waals surface area (Å²) in [5.41, 5.74) is 3.04. The number of pyridine rings is 1. The van der Waals surface area contributed by atoms with Crippen LogP contribution in [0.2, 0.25) is 0 Å². The molecule has 4 rings (SSSR count). The fourth-order valence-electron chi connectivity index (χ4n) is 3.82. The second-order valence-corrected chi connectivity index (χ2v) is 8.91. The largest absolute Gasteiger partial charge is 0.346 e. The van der Waals surface area contributed by atoms with Gasteiger partial charge in [-0.2, -0.15) is 0 Å². The number of hydrogen-bond acceptors (Lipinski definition) is 4. The Bertz CT molecular complexity index is 1120. The molecular formula is C20H22N4O3S. The minimum atomic E-state index is -3.38. The van der Waals surface area contributed by atoms with Crippen molar-refractivity contribution in [1.82, 2.24) is 14.9 Å². The van der Waals surface area contributed by atoms with Gasteiger partial charge in [-0.3, -0.25) is 9.52 Å². The Morgan fingerprint density at radius 2 is 2.00 bits per heavy atom. The maximum absolute atomic E-state index is 12.9. The van der Waals surface area contributed by atoms with Crippen LogP contribution in [0.5, 0.6) is 0 Å². The average molecular weight is 398 g/mol. The van der Waals surface area contributed by atoms with Crippen molar-refractivity contribution in [2.24, 2.45) is 0 Å². The molecule has 0 aliphatic carbocycles. The predicted octanol–water partition coefficient (Wildman–Crippen LogP) is 2.95. The molecule has 28 heavy (non-hydrogen) atoms. The molecule has 1 aliphatic heterocycles. The summed E-state index contributed by atoms with van der Waals surface area (Å²) < 4.78 is 25.2. The third-order valence-electron chi connectivity index (χ3n) is 5.12. The van der Waals surface area contributed by atoms with Crippen molar-refractivity contribution < 1.29 is 13.2 Å². The van der Waals surface area contributed by atoms with Crippen molar-refractivity contribution in [1.29, 1.82) is 0 Å². The van der Waals surface area contributed by atoms with E-state index in [0.717, 1.165) is 30.1 Å². The number of rotatable bonds is 4. The first-order chi connectivity index (χ1) is 13.4. The average Bonchev–Trinajstić information content (AvgIpc) is 3.10. The number of aromatic nitrogens is 2. The molecule has 1 aromatic carbocycles. The van der Waals surface area contributed by atoms with E-state index in [0.29, 0.717) is 30.3 Å². The summed E-state index contributed by atoms with van der Waals surface area (Å²) in [4.78, 5) is 22.3. The van der Waals surface area contributed by atoms with Crippen LogP contribution in [0, 0.1) is 0 Å². The Labute approximate surface area is 163 Å². The number of H-pyrrole nitrogens is 1. The maximum atomic E-state index is 12.9. The molecular weight excluding hydrogens is 376 g/mol. The SMILES string of the molecule is CS(=O)(=O)Nc1cccc(C(=O)N2CCC(c3c[nH]c4ncccc34)CC2)c1. The summed E-state index contributed by atoms with van der Waals surface area (Å²) in [5.74, 6) is 0.316. The van der Waals surface area contributed by atoms with Crippen LogP contribution in [-0.2, 0) is 10.0 Å². The monoisotopic (exact) mass is 398 g/mol. The van der Waals surface area contributed by atoms with Crippen molar-refractivity contribution >= 4 is 32.7 Å². The first-order valence-electron chi connectivity index (χ1n) is 9.20. The van der Waals surface area contributed by atoms with Gasteiger partial charge in [0.25, 0.3) is 5.91 Å². The molecule has 0 unspecified atom stereocenters. The zero-order valence-corrected chi connectivity index (χ0v) is 16.4. The minimum Gasteiger partial charge on any atom is -0.346 e. The van der Waals surface area contributed by atoms with Crippen molar-refractivity contribution in [3.05, 3.63) is 59.9 Å². The number of sulfonamides is 1. The fraction of sp³-hybridized carbons (Fsp3) is 0.300. The summed E-state index contributed by atoms with van der Waals surface area (Å²) >= 11 is 0. The van der Waals surface area contributed by atoms with E-state index in [4.69, 9.17) is 0 Å². The molecule has 146 valence electrons. The third-order valence-corrected chi connectivity index (χ3v) is 5.72. The van der Waals surface area contributed by atoms with Crippen LogP contribution in [-0.4, -0.2) is 48.5 Å². The molecule has 1 amide bonds. The number of anilines is 1. The highest BCUT2D eigenvalue weighted by Crippen LogP contribution is 2.33. The maximum Gasteiger partial charge on any atom is 0.253 e. The van der Waals surface area contributed by atoms with E-state index >= 15 is 0 Å². The van der Waals surface area contributed by atoms with Crippen LogP contribution < -0.4 is 4.72 Å². The number of aromatic amines is 1. The number of nitrogens with zero attached hydrogens (tertiary/aromatic N) is 2. The second-order valence-electron chi connectivity index (χ2n) is 7.17. The third kappa shape index (κ3) is 3.87. The lowest BCUT2D eigenvalue weighted by atomic mass is 9.89.